The maximum Gasteiger partial charge on any atom is 0.426 e. The van der Waals surface area contributed by atoms with E-state index in [9.17, 15) is 14.4 Å². The molecule has 2 rings (SSSR count). The third-order valence-electron chi connectivity index (χ3n) is 3.39. The number of benzene rings is 1. The molecule has 1 aromatic rings. The van der Waals surface area contributed by atoms with E-state index in [4.69, 9.17) is 0 Å². The molecule has 7 heteroatoms. The molecule has 7 nitrogen and oxygen atoms in total. The van der Waals surface area contributed by atoms with Crippen LogP contribution in [0.1, 0.15) is 30.6 Å². The fourth-order valence-corrected chi connectivity index (χ4v) is 2.01. The molecule has 1 aromatic carbocycles. The predicted molar refractivity (Wildman–Crippen MR) is 80.0 cm³/mol. The van der Waals surface area contributed by atoms with Crippen LogP contribution in [0.3, 0.4) is 0 Å². The largest absolute Gasteiger partial charge is 0.449 e. The van der Waals surface area contributed by atoms with Gasteiger partial charge in [-0.05, 0) is 37.5 Å². The van der Waals surface area contributed by atoms with Crippen LogP contribution < -0.4 is 16.2 Å². The summed E-state index contributed by atoms with van der Waals surface area (Å²) in [5.41, 5.74) is 5.23. The lowest BCUT2D eigenvalue weighted by Crippen LogP contribution is -2.41. The van der Waals surface area contributed by atoms with E-state index < -0.39 is 12.0 Å². The highest BCUT2D eigenvalue weighted by Gasteiger charge is 2.39. The van der Waals surface area contributed by atoms with Crippen molar-refractivity contribution in [1.29, 1.82) is 0 Å². The zero-order valence-electron chi connectivity index (χ0n) is 12.5. The number of hydrogen-bond donors (Lipinski definition) is 3. The second kappa shape index (κ2) is 6.93. The molecular formula is C15H19N3O4. The van der Waals surface area contributed by atoms with E-state index in [-0.39, 0.29) is 18.4 Å². The van der Waals surface area contributed by atoms with E-state index in [1.165, 1.54) is 0 Å². The number of ether oxygens (including phenoxy) is 1. The van der Waals surface area contributed by atoms with Gasteiger partial charge in [0, 0.05) is 17.2 Å². The number of amides is 3. The van der Waals surface area contributed by atoms with Crippen LogP contribution in [0, 0.1) is 11.8 Å². The maximum atomic E-state index is 11.9. The van der Waals surface area contributed by atoms with Gasteiger partial charge in [-0.15, -0.1) is 0 Å². The quantitative estimate of drug-likeness (QED) is 0.737. The van der Waals surface area contributed by atoms with Gasteiger partial charge in [0.1, 0.15) is 0 Å². The maximum absolute atomic E-state index is 11.9. The molecule has 118 valence electrons. The molecule has 0 spiro atoms. The molecule has 3 N–H and O–H groups in total. The number of rotatable bonds is 4. The molecule has 0 radical (unpaired) electrons. The summed E-state index contributed by atoms with van der Waals surface area (Å²) in [6.45, 7) is 3.90. The number of anilines is 1. The van der Waals surface area contributed by atoms with E-state index in [0.29, 0.717) is 17.2 Å². The van der Waals surface area contributed by atoms with Gasteiger partial charge in [0.05, 0.1) is 6.61 Å². The summed E-state index contributed by atoms with van der Waals surface area (Å²) in [5.74, 6) is -0.0538. The van der Waals surface area contributed by atoms with Crippen molar-refractivity contribution in [3.63, 3.8) is 0 Å². The van der Waals surface area contributed by atoms with Crippen LogP contribution in [0.5, 0.6) is 0 Å². The Morgan fingerprint density at radius 2 is 2.00 bits per heavy atom. The summed E-state index contributed by atoms with van der Waals surface area (Å²) >= 11 is 0. The molecule has 1 aliphatic carbocycles. The third kappa shape index (κ3) is 4.21. The molecule has 0 bridgehead atoms. The first kappa shape index (κ1) is 15.8. The van der Waals surface area contributed by atoms with Crippen LogP contribution in [0.2, 0.25) is 0 Å². The Labute approximate surface area is 128 Å². The smallest absolute Gasteiger partial charge is 0.426 e. The molecule has 22 heavy (non-hydrogen) atoms. The second-order valence-corrected chi connectivity index (χ2v) is 5.19. The lowest BCUT2D eigenvalue weighted by molar-refractivity contribution is -0.117. The molecule has 1 fully saturated rings. The van der Waals surface area contributed by atoms with Crippen LogP contribution in [0.4, 0.5) is 10.5 Å². The van der Waals surface area contributed by atoms with Crippen molar-refractivity contribution in [2.24, 2.45) is 11.8 Å². The lowest BCUT2D eigenvalue weighted by Gasteiger charge is -2.09. The lowest BCUT2D eigenvalue weighted by atomic mass is 10.2. The zero-order chi connectivity index (χ0) is 16.1. The van der Waals surface area contributed by atoms with Gasteiger partial charge in [0.15, 0.2) is 0 Å². The van der Waals surface area contributed by atoms with Gasteiger partial charge in [0.2, 0.25) is 5.91 Å². The summed E-state index contributed by atoms with van der Waals surface area (Å²) in [4.78, 5) is 34.9. The fourth-order valence-electron chi connectivity index (χ4n) is 2.01. The van der Waals surface area contributed by atoms with E-state index >= 15 is 0 Å². The van der Waals surface area contributed by atoms with Gasteiger partial charge < -0.3 is 10.1 Å². The standard InChI is InChI=1S/C15H19N3O4/c1-3-22-15(21)18-17-13(19)10-5-4-6-11(8-10)16-14(20)12-7-9(12)2/h4-6,8-9,12H,3,7H2,1-2H3,(H,16,20)(H,17,19)(H,18,21). The Kier molecular flexibility index (Phi) is 4.98. The van der Waals surface area contributed by atoms with Crippen molar-refractivity contribution < 1.29 is 19.1 Å². The molecule has 0 aromatic heterocycles. The SMILES string of the molecule is CCOC(=O)NNC(=O)c1cccc(NC(=O)C2CC2C)c1. The Morgan fingerprint density at radius 1 is 1.27 bits per heavy atom. The monoisotopic (exact) mass is 305 g/mol. The topological polar surface area (TPSA) is 96.5 Å². The number of carbonyl (C=O) groups is 3. The summed E-state index contributed by atoms with van der Waals surface area (Å²) in [6.07, 6.45) is 0.165. The minimum Gasteiger partial charge on any atom is -0.449 e. The molecule has 1 aliphatic rings. The van der Waals surface area contributed by atoms with Gasteiger partial charge in [-0.2, -0.15) is 0 Å². The van der Waals surface area contributed by atoms with E-state index in [0.717, 1.165) is 6.42 Å². The molecule has 1 saturated carbocycles. The Bertz CT molecular complexity index is 588. The highest BCUT2D eigenvalue weighted by atomic mass is 16.5. The minimum absolute atomic E-state index is 0.0327. The van der Waals surface area contributed by atoms with Gasteiger partial charge >= 0.3 is 6.09 Å². The van der Waals surface area contributed by atoms with Crippen molar-refractivity contribution in [2.45, 2.75) is 20.3 Å². The number of nitrogens with one attached hydrogen (secondary N) is 3. The average Bonchev–Trinajstić information content (AvgIpc) is 3.22. The highest BCUT2D eigenvalue weighted by molar-refractivity contribution is 5.98. The summed E-state index contributed by atoms with van der Waals surface area (Å²) < 4.78 is 4.63. The van der Waals surface area contributed by atoms with Crippen LogP contribution in [-0.4, -0.2) is 24.5 Å². The van der Waals surface area contributed by atoms with Crippen molar-refractivity contribution in [1.82, 2.24) is 10.9 Å². The molecule has 0 heterocycles. The predicted octanol–water partition coefficient (Wildman–Crippen LogP) is 1.67. The first-order chi connectivity index (χ1) is 10.5. The fraction of sp³-hybridized carbons (Fsp3) is 0.400. The zero-order valence-corrected chi connectivity index (χ0v) is 12.5. The van der Waals surface area contributed by atoms with E-state index in [2.05, 4.69) is 20.9 Å². The van der Waals surface area contributed by atoms with Gasteiger partial charge in [-0.1, -0.05) is 13.0 Å². The minimum atomic E-state index is -0.733. The molecule has 2 unspecified atom stereocenters. The van der Waals surface area contributed by atoms with Crippen LogP contribution >= 0.6 is 0 Å². The number of carbonyl (C=O) groups excluding carboxylic acids is 3. The van der Waals surface area contributed by atoms with E-state index in [1.54, 1.807) is 31.2 Å². The summed E-state index contributed by atoms with van der Waals surface area (Å²) in [5, 5.41) is 2.78. The Morgan fingerprint density at radius 3 is 2.64 bits per heavy atom. The molecule has 3 amide bonds. The van der Waals surface area contributed by atoms with Gasteiger partial charge in [0.25, 0.3) is 5.91 Å². The highest BCUT2D eigenvalue weighted by Crippen LogP contribution is 2.38. The van der Waals surface area contributed by atoms with Crippen LogP contribution in [0.25, 0.3) is 0 Å². The average molecular weight is 305 g/mol. The van der Waals surface area contributed by atoms with Crippen molar-refractivity contribution >= 4 is 23.6 Å². The normalized spacial score (nSPS) is 19.0. The van der Waals surface area contributed by atoms with Gasteiger partial charge in [-0.3, -0.25) is 15.0 Å². The van der Waals surface area contributed by atoms with Crippen molar-refractivity contribution in [2.75, 3.05) is 11.9 Å². The Hall–Kier alpha value is -2.57. The first-order valence-electron chi connectivity index (χ1n) is 7.15. The third-order valence-corrected chi connectivity index (χ3v) is 3.39. The van der Waals surface area contributed by atoms with Crippen molar-refractivity contribution in [3.8, 4) is 0 Å². The van der Waals surface area contributed by atoms with Crippen molar-refractivity contribution in [3.05, 3.63) is 29.8 Å². The molecule has 0 aliphatic heterocycles. The molecule has 2 atom stereocenters. The molecule has 0 saturated heterocycles. The molecular weight excluding hydrogens is 286 g/mol. The summed E-state index contributed by atoms with van der Waals surface area (Å²) in [7, 11) is 0. The number of hydrogen-bond acceptors (Lipinski definition) is 4. The first-order valence-corrected chi connectivity index (χ1v) is 7.15. The second-order valence-electron chi connectivity index (χ2n) is 5.19. The van der Waals surface area contributed by atoms with Crippen LogP contribution in [-0.2, 0) is 9.53 Å². The van der Waals surface area contributed by atoms with Gasteiger partial charge in [-0.25, -0.2) is 10.2 Å². The summed E-state index contributed by atoms with van der Waals surface area (Å²) in [6, 6.07) is 6.50. The Balaban J connectivity index is 1.91. The number of hydrazine groups is 1. The van der Waals surface area contributed by atoms with Crippen LogP contribution in [0.15, 0.2) is 24.3 Å². The van der Waals surface area contributed by atoms with E-state index in [1.807, 2.05) is 6.92 Å².